The first-order valence-electron chi connectivity index (χ1n) is 5.92. The van der Waals surface area contributed by atoms with E-state index in [4.69, 9.17) is 0 Å². The van der Waals surface area contributed by atoms with E-state index in [2.05, 4.69) is 19.3 Å². The predicted molar refractivity (Wildman–Crippen MR) is 56.8 cm³/mol. The number of rotatable bonds is 1. The largest absolute Gasteiger partial charge is 0.315 e. The molecule has 0 aliphatic heterocycles. The van der Waals surface area contributed by atoms with Crippen molar-refractivity contribution in [2.75, 3.05) is 7.05 Å². The molecule has 2 aliphatic carbocycles. The van der Waals surface area contributed by atoms with Crippen molar-refractivity contribution in [3.05, 3.63) is 0 Å². The molecule has 1 N–H and O–H groups in total. The van der Waals surface area contributed by atoms with Crippen LogP contribution in [0.15, 0.2) is 0 Å². The molecule has 0 unspecified atom stereocenters. The molecule has 0 amide bonds. The van der Waals surface area contributed by atoms with Crippen LogP contribution in [0.2, 0.25) is 0 Å². The summed E-state index contributed by atoms with van der Waals surface area (Å²) in [5.41, 5.74) is 0.457. The lowest BCUT2D eigenvalue weighted by Gasteiger charge is -2.45. The first kappa shape index (κ1) is 9.51. The second-order valence-corrected chi connectivity index (χ2v) is 5.36. The average molecular weight is 181 g/mol. The number of nitrogens with one attached hydrogen (secondary N) is 1. The molecule has 3 atom stereocenters. The third-order valence-electron chi connectivity index (χ3n) is 4.45. The Morgan fingerprint density at radius 2 is 1.77 bits per heavy atom. The fourth-order valence-corrected chi connectivity index (χ4v) is 3.34. The Morgan fingerprint density at radius 3 is 2.46 bits per heavy atom. The molecule has 0 heterocycles. The Labute approximate surface area is 82.3 Å². The van der Waals surface area contributed by atoms with Gasteiger partial charge in [0.2, 0.25) is 0 Å². The maximum absolute atomic E-state index is 3.51. The van der Waals surface area contributed by atoms with Gasteiger partial charge in [0.15, 0.2) is 0 Å². The van der Waals surface area contributed by atoms with E-state index in [9.17, 15) is 0 Å². The Balaban J connectivity index is 1.98. The second kappa shape index (κ2) is 3.61. The summed E-state index contributed by atoms with van der Waals surface area (Å²) in [4.78, 5) is 0. The first-order chi connectivity index (χ1) is 6.23. The SMILES string of the molecule is CN[C@]1(C)CC[C@H]2CCCC[C@H]2C1. The quantitative estimate of drug-likeness (QED) is 0.656. The normalized spacial score (nSPS) is 45.7. The molecule has 2 fully saturated rings. The fraction of sp³-hybridized carbons (Fsp3) is 1.00. The third kappa shape index (κ3) is 1.90. The molecule has 0 aromatic rings. The maximum Gasteiger partial charge on any atom is 0.0153 e. The molecule has 0 radical (unpaired) electrons. The van der Waals surface area contributed by atoms with Crippen LogP contribution in [0.1, 0.15) is 51.9 Å². The van der Waals surface area contributed by atoms with Gasteiger partial charge in [-0.1, -0.05) is 25.7 Å². The van der Waals surface area contributed by atoms with E-state index in [0.29, 0.717) is 5.54 Å². The van der Waals surface area contributed by atoms with Crippen molar-refractivity contribution in [1.82, 2.24) is 5.32 Å². The highest BCUT2D eigenvalue weighted by atomic mass is 14.9. The Hall–Kier alpha value is -0.0400. The molecule has 76 valence electrons. The minimum Gasteiger partial charge on any atom is -0.315 e. The molecule has 0 aromatic carbocycles. The summed E-state index contributed by atoms with van der Waals surface area (Å²) in [7, 11) is 2.13. The summed E-state index contributed by atoms with van der Waals surface area (Å²) in [6, 6.07) is 0. The first-order valence-corrected chi connectivity index (χ1v) is 5.92. The van der Waals surface area contributed by atoms with Gasteiger partial charge in [0.05, 0.1) is 0 Å². The van der Waals surface area contributed by atoms with Gasteiger partial charge in [0.25, 0.3) is 0 Å². The molecular weight excluding hydrogens is 158 g/mol. The van der Waals surface area contributed by atoms with E-state index < -0.39 is 0 Å². The van der Waals surface area contributed by atoms with Crippen LogP contribution >= 0.6 is 0 Å². The van der Waals surface area contributed by atoms with Crippen LogP contribution in [-0.4, -0.2) is 12.6 Å². The number of fused-ring (bicyclic) bond motifs is 1. The Bertz CT molecular complexity index is 178. The molecule has 1 heteroatoms. The van der Waals surface area contributed by atoms with Crippen LogP contribution < -0.4 is 5.32 Å². The summed E-state index contributed by atoms with van der Waals surface area (Å²) in [5.74, 6) is 2.12. The molecule has 0 bridgehead atoms. The molecule has 0 aromatic heterocycles. The lowest BCUT2D eigenvalue weighted by Crippen LogP contribution is -2.47. The highest BCUT2D eigenvalue weighted by Crippen LogP contribution is 2.43. The Kier molecular flexibility index (Phi) is 2.64. The van der Waals surface area contributed by atoms with Gasteiger partial charge < -0.3 is 5.32 Å². The molecule has 2 rings (SSSR count). The van der Waals surface area contributed by atoms with Crippen LogP contribution in [0, 0.1) is 11.8 Å². The molecular formula is C12H23N. The van der Waals surface area contributed by atoms with Crippen molar-refractivity contribution in [2.24, 2.45) is 11.8 Å². The highest BCUT2D eigenvalue weighted by molar-refractivity contribution is 4.93. The molecule has 2 saturated carbocycles. The van der Waals surface area contributed by atoms with Crippen LogP contribution in [-0.2, 0) is 0 Å². The van der Waals surface area contributed by atoms with Crippen molar-refractivity contribution >= 4 is 0 Å². The van der Waals surface area contributed by atoms with Crippen molar-refractivity contribution < 1.29 is 0 Å². The molecule has 0 spiro atoms. The topological polar surface area (TPSA) is 12.0 Å². The number of hydrogen-bond acceptors (Lipinski definition) is 1. The summed E-state index contributed by atoms with van der Waals surface area (Å²) in [6.45, 7) is 2.40. The average Bonchev–Trinajstić information content (AvgIpc) is 2.18. The zero-order valence-electron chi connectivity index (χ0n) is 9.10. The van der Waals surface area contributed by atoms with Crippen molar-refractivity contribution in [3.63, 3.8) is 0 Å². The molecule has 1 nitrogen and oxygen atoms in total. The summed E-state index contributed by atoms with van der Waals surface area (Å²) in [6.07, 6.45) is 10.3. The summed E-state index contributed by atoms with van der Waals surface area (Å²) < 4.78 is 0. The van der Waals surface area contributed by atoms with E-state index in [-0.39, 0.29) is 0 Å². The highest BCUT2D eigenvalue weighted by Gasteiger charge is 2.37. The van der Waals surface area contributed by atoms with E-state index >= 15 is 0 Å². The van der Waals surface area contributed by atoms with E-state index in [0.717, 1.165) is 11.8 Å². The van der Waals surface area contributed by atoms with Crippen LogP contribution in [0.3, 0.4) is 0 Å². The maximum atomic E-state index is 3.51. The van der Waals surface area contributed by atoms with Gasteiger partial charge in [-0.05, 0) is 45.1 Å². The van der Waals surface area contributed by atoms with Crippen LogP contribution in [0.25, 0.3) is 0 Å². The monoisotopic (exact) mass is 181 g/mol. The smallest absolute Gasteiger partial charge is 0.0153 e. The standard InChI is InChI=1S/C12H23N/c1-12(13-2)8-7-10-5-3-4-6-11(10)9-12/h10-11,13H,3-9H2,1-2H3/t10-,11+,12-/m1/s1. The third-order valence-corrected chi connectivity index (χ3v) is 4.45. The van der Waals surface area contributed by atoms with Gasteiger partial charge in [0.1, 0.15) is 0 Å². The van der Waals surface area contributed by atoms with Crippen molar-refractivity contribution in [3.8, 4) is 0 Å². The number of hydrogen-bond donors (Lipinski definition) is 1. The van der Waals surface area contributed by atoms with E-state index in [1.54, 1.807) is 0 Å². The van der Waals surface area contributed by atoms with E-state index in [1.165, 1.54) is 44.9 Å². The lowest BCUT2D eigenvalue weighted by molar-refractivity contribution is 0.103. The molecule has 0 saturated heterocycles. The fourth-order valence-electron chi connectivity index (χ4n) is 3.34. The summed E-state index contributed by atoms with van der Waals surface area (Å²) >= 11 is 0. The summed E-state index contributed by atoms with van der Waals surface area (Å²) in [5, 5.41) is 3.51. The molecule has 13 heavy (non-hydrogen) atoms. The van der Waals surface area contributed by atoms with Crippen LogP contribution in [0.4, 0.5) is 0 Å². The Morgan fingerprint density at radius 1 is 1.08 bits per heavy atom. The molecule has 2 aliphatic rings. The van der Waals surface area contributed by atoms with Crippen LogP contribution in [0.5, 0.6) is 0 Å². The van der Waals surface area contributed by atoms with Crippen molar-refractivity contribution in [1.29, 1.82) is 0 Å². The minimum absolute atomic E-state index is 0.457. The van der Waals surface area contributed by atoms with Gasteiger partial charge in [0, 0.05) is 5.54 Å². The van der Waals surface area contributed by atoms with Gasteiger partial charge >= 0.3 is 0 Å². The predicted octanol–water partition coefficient (Wildman–Crippen LogP) is 2.95. The lowest BCUT2D eigenvalue weighted by atomic mass is 9.65. The van der Waals surface area contributed by atoms with Crippen molar-refractivity contribution in [2.45, 2.75) is 57.4 Å². The zero-order valence-corrected chi connectivity index (χ0v) is 9.10. The van der Waals surface area contributed by atoms with Gasteiger partial charge in [-0.2, -0.15) is 0 Å². The van der Waals surface area contributed by atoms with Gasteiger partial charge in [-0.15, -0.1) is 0 Å². The zero-order chi connectivity index (χ0) is 9.31. The second-order valence-electron chi connectivity index (χ2n) is 5.36. The minimum atomic E-state index is 0.457. The van der Waals surface area contributed by atoms with Gasteiger partial charge in [-0.25, -0.2) is 0 Å². The van der Waals surface area contributed by atoms with E-state index in [1.807, 2.05) is 0 Å². The van der Waals surface area contributed by atoms with Gasteiger partial charge in [-0.3, -0.25) is 0 Å².